The Morgan fingerprint density at radius 3 is 1.92 bits per heavy atom. The minimum absolute atomic E-state index is 0. The zero-order valence-corrected chi connectivity index (χ0v) is 9.33. The van der Waals surface area contributed by atoms with E-state index in [1.165, 1.54) is 19.3 Å². The molecule has 0 rings (SSSR count). The number of thiol groups is 1. The van der Waals surface area contributed by atoms with E-state index in [4.69, 9.17) is 0 Å². The van der Waals surface area contributed by atoms with E-state index in [-0.39, 0.29) is 35.3 Å². The zero-order chi connectivity index (χ0) is 9.45. The van der Waals surface area contributed by atoms with Crippen molar-refractivity contribution in [1.82, 2.24) is 0 Å². The van der Waals surface area contributed by atoms with Crippen molar-refractivity contribution >= 4 is 50.1 Å². The van der Waals surface area contributed by atoms with Gasteiger partial charge in [0.25, 0.3) is 0 Å². The molecule has 0 atom stereocenters. The van der Waals surface area contributed by atoms with E-state index >= 15 is 0 Å². The summed E-state index contributed by atoms with van der Waals surface area (Å²) < 4.78 is 21.2. The van der Waals surface area contributed by atoms with Gasteiger partial charge >= 0.3 is 29.6 Å². The van der Waals surface area contributed by atoms with Gasteiger partial charge in [0.1, 0.15) is 0 Å². The summed E-state index contributed by atoms with van der Waals surface area (Å²) >= 11 is 3.47. The van der Waals surface area contributed by atoms with Crippen molar-refractivity contribution in [1.29, 1.82) is 0 Å². The molecular weight excluding hydrogens is 215 g/mol. The van der Waals surface area contributed by atoms with Crippen LogP contribution in [0.3, 0.4) is 0 Å². The van der Waals surface area contributed by atoms with Crippen LogP contribution in [-0.2, 0) is 8.87 Å². The minimum atomic E-state index is -3.02. The molecule has 0 aromatic carbocycles. The van der Waals surface area contributed by atoms with Crippen LogP contribution in [0.2, 0.25) is 0 Å². The summed E-state index contributed by atoms with van der Waals surface area (Å²) in [7, 11) is -3.02. The van der Waals surface area contributed by atoms with Crippen molar-refractivity contribution in [2.24, 2.45) is 0 Å². The van der Waals surface area contributed by atoms with Crippen LogP contribution < -0.4 is 0 Å². The summed E-state index contributed by atoms with van der Waals surface area (Å²) in [6, 6.07) is 0. The second kappa shape index (κ2) is 9.84. The molecule has 0 radical (unpaired) electrons. The molecule has 0 aromatic heterocycles. The molecule has 0 aliphatic rings. The van der Waals surface area contributed by atoms with Crippen LogP contribution in [0.4, 0.5) is 0 Å². The number of hydrogen-bond donors (Lipinski definition) is 1. The SMILES string of the molecule is CCCCCCCCS(=O)(=O)S.[NaH]. The molecule has 0 aliphatic heterocycles. The molecule has 0 N–H and O–H groups in total. The molecule has 0 saturated heterocycles. The third kappa shape index (κ3) is 16.0. The van der Waals surface area contributed by atoms with Crippen molar-refractivity contribution in [2.75, 3.05) is 5.75 Å². The fraction of sp³-hybridized carbons (Fsp3) is 1.00. The third-order valence-electron chi connectivity index (χ3n) is 1.76. The standard InChI is InChI=1S/C8H18O2S2.Na.H/c1-2-3-4-5-6-7-8-12(9,10)11;;/h2-8H2,1H3,(H,9,10,11);;. The predicted octanol–water partition coefficient (Wildman–Crippen LogP) is 1.96. The van der Waals surface area contributed by atoms with Gasteiger partial charge in [-0.25, -0.2) is 8.42 Å². The summed E-state index contributed by atoms with van der Waals surface area (Å²) in [4.78, 5) is 0. The predicted molar refractivity (Wildman–Crippen MR) is 63.3 cm³/mol. The molecule has 0 amide bonds. The number of rotatable bonds is 7. The molecule has 0 saturated carbocycles. The second-order valence-electron chi connectivity index (χ2n) is 3.05. The second-order valence-corrected chi connectivity index (χ2v) is 6.29. The van der Waals surface area contributed by atoms with Crippen LogP contribution in [0.25, 0.3) is 0 Å². The Balaban J connectivity index is 0. The zero-order valence-electron chi connectivity index (χ0n) is 7.62. The van der Waals surface area contributed by atoms with E-state index in [2.05, 4.69) is 18.6 Å². The monoisotopic (exact) mass is 234 g/mol. The third-order valence-corrected chi connectivity index (χ3v) is 3.11. The first kappa shape index (κ1) is 16.7. The van der Waals surface area contributed by atoms with Gasteiger partial charge in [0, 0.05) is 0 Å². The van der Waals surface area contributed by atoms with Crippen molar-refractivity contribution in [3.63, 3.8) is 0 Å². The Hall–Kier alpha value is 1.30. The normalized spacial score (nSPS) is 10.9. The molecule has 0 bridgehead atoms. The Bertz CT molecular complexity index is 190. The van der Waals surface area contributed by atoms with Crippen LogP contribution in [0.15, 0.2) is 0 Å². The Labute approximate surface area is 109 Å². The first-order valence-corrected chi connectivity index (χ1v) is 7.22. The van der Waals surface area contributed by atoms with Gasteiger partial charge < -0.3 is 0 Å². The molecule has 2 nitrogen and oxygen atoms in total. The van der Waals surface area contributed by atoms with E-state index in [1.54, 1.807) is 0 Å². The summed E-state index contributed by atoms with van der Waals surface area (Å²) in [5, 5.41) is 0. The van der Waals surface area contributed by atoms with Gasteiger partial charge in [-0.05, 0) is 18.1 Å². The van der Waals surface area contributed by atoms with Crippen molar-refractivity contribution in [2.45, 2.75) is 45.4 Å². The molecule has 0 spiro atoms. The van der Waals surface area contributed by atoms with E-state index in [0.29, 0.717) is 0 Å². The van der Waals surface area contributed by atoms with Gasteiger partial charge in [-0.3, -0.25) is 0 Å². The van der Waals surface area contributed by atoms with Gasteiger partial charge in [0.15, 0.2) is 8.87 Å². The molecule has 0 unspecified atom stereocenters. The summed E-state index contributed by atoms with van der Waals surface area (Å²) in [6.45, 7) is 2.16. The van der Waals surface area contributed by atoms with Crippen molar-refractivity contribution in [3.05, 3.63) is 0 Å². The molecule has 13 heavy (non-hydrogen) atoms. The van der Waals surface area contributed by atoms with Crippen LogP contribution in [0.1, 0.15) is 45.4 Å². The summed E-state index contributed by atoms with van der Waals surface area (Å²) in [5.74, 6) is 0.224. The van der Waals surface area contributed by atoms with Crippen LogP contribution >= 0.6 is 11.7 Å². The van der Waals surface area contributed by atoms with Crippen LogP contribution in [0.5, 0.6) is 0 Å². The van der Waals surface area contributed by atoms with Crippen LogP contribution in [-0.4, -0.2) is 43.7 Å². The van der Waals surface area contributed by atoms with Crippen LogP contribution in [0, 0.1) is 0 Å². The molecule has 0 aromatic rings. The fourth-order valence-electron chi connectivity index (χ4n) is 1.06. The Morgan fingerprint density at radius 2 is 1.46 bits per heavy atom. The Kier molecular flexibility index (Phi) is 12.7. The first-order chi connectivity index (χ1) is 5.56. The van der Waals surface area contributed by atoms with Crippen molar-refractivity contribution in [3.8, 4) is 0 Å². The fourth-order valence-corrected chi connectivity index (χ4v) is 2.02. The topological polar surface area (TPSA) is 34.1 Å². The van der Waals surface area contributed by atoms with E-state index in [1.807, 2.05) is 0 Å². The molecular formula is C8H19NaO2S2. The Morgan fingerprint density at radius 1 is 1.00 bits per heavy atom. The van der Waals surface area contributed by atoms with Gasteiger partial charge in [-0.15, -0.1) is 0 Å². The number of unbranched alkanes of at least 4 members (excludes halogenated alkanes) is 5. The molecule has 76 valence electrons. The molecule has 0 aliphatic carbocycles. The van der Waals surface area contributed by atoms with Gasteiger partial charge in [0.2, 0.25) is 0 Å². The van der Waals surface area contributed by atoms with Gasteiger partial charge in [-0.1, -0.05) is 39.0 Å². The van der Waals surface area contributed by atoms with Gasteiger partial charge in [0.05, 0.1) is 5.75 Å². The average molecular weight is 234 g/mol. The maximum atomic E-state index is 10.6. The van der Waals surface area contributed by atoms with E-state index in [9.17, 15) is 8.42 Å². The van der Waals surface area contributed by atoms with Gasteiger partial charge in [-0.2, -0.15) is 0 Å². The summed E-state index contributed by atoms with van der Waals surface area (Å²) in [6.07, 6.45) is 6.63. The number of hydrogen-bond acceptors (Lipinski definition) is 2. The summed E-state index contributed by atoms with van der Waals surface area (Å²) in [5.41, 5.74) is 0. The van der Waals surface area contributed by atoms with E-state index in [0.717, 1.165) is 19.3 Å². The van der Waals surface area contributed by atoms with E-state index < -0.39 is 8.87 Å². The average Bonchev–Trinajstić information content (AvgIpc) is 1.94. The molecule has 0 heterocycles. The maximum absolute atomic E-state index is 10.6. The van der Waals surface area contributed by atoms with Crippen molar-refractivity contribution < 1.29 is 8.42 Å². The molecule has 0 fully saturated rings. The molecule has 5 heteroatoms. The first-order valence-electron chi connectivity index (χ1n) is 4.51. The quantitative estimate of drug-likeness (QED) is 0.316.